The van der Waals surface area contributed by atoms with E-state index < -0.39 is 0 Å². The second-order valence-electron chi connectivity index (χ2n) is 5.62. The molecule has 0 aliphatic rings. The van der Waals surface area contributed by atoms with Crippen LogP contribution in [0.15, 0.2) is 45.0 Å². The van der Waals surface area contributed by atoms with E-state index in [1.54, 1.807) is 18.1 Å². The lowest BCUT2D eigenvalue weighted by molar-refractivity contribution is 0.448. The van der Waals surface area contributed by atoms with Crippen molar-refractivity contribution in [3.8, 4) is 0 Å². The van der Waals surface area contributed by atoms with Crippen LogP contribution in [-0.4, -0.2) is 52.0 Å². The van der Waals surface area contributed by atoms with E-state index in [1.807, 2.05) is 31.9 Å². The third-order valence-electron chi connectivity index (χ3n) is 3.71. The minimum absolute atomic E-state index is 0.675. The first kappa shape index (κ1) is 19.8. The van der Waals surface area contributed by atoms with E-state index in [0.29, 0.717) is 6.54 Å². The molecule has 6 nitrogen and oxygen atoms in total. The Hall–Kier alpha value is -1.54. The summed E-state index contributed by atoms with van der Waals surface area (Å²) in [6.07, 6.45) is 3.83. The van der Waals surface area contributed by atoms with Gasteiger partial charge in [-0.2, -0.15) is 5.10 Å². The highest BCUT2D eigenvalue weighted by molar-refractivity contribution is 9.10. The topological polar surface area (TPSA) is 58.3 Å². The Morgan fingerprint density at radius 3 is 2.84 bits per heavy atom. The molecule has 1 aromatic carbocycles. The van der Waals surface area contributed by atoms with Gasteiger partial charge in [0.2, 0.25) is 0 Å². The molecule has 0 spiro atoms. The van der Waals surface area contributed by atoms with Crippen molar-refractivity contribution >= 4 is 33.7 Å². The number of benzene rings is 1. The zero-order valence-corrected chi connectivity index (χ0v) is 17.3. The highest BCUT2D eigenvalue weighted by atomic mass is 79.9. The minimum atomic E-state index is 0.675. The summed E-state index contributed by atoms with van der Waals surface area (Å²) in [5.41, 5.74) is 0. The van der Waals surface area contributed by atoms with Gasteiger partial charge in [0.25, 0.3) is 0 Å². The molecule has 1 heterocycles. The number of unbranched alkanes of at least 4 members (excludes halogenated alkanes) is 1. The summed E-state index contributed by atoms with van der Waals surface area (Å²) in [7, 11) is 5.71. The predicted octanol–water partition coefficient (Wildman–Crippen LogP) is 3.16. The second-order valence-corrected chi connectivity index (χ2v) is 7.61. The van der Waals surface area contributed by atoms with Gasteiger partial charge in [0.15, 0.2) is 5.96 Å². The largest absolute Gasteiger partial charge is 0.356 e. The van der Waals surface area contributed by atoms with Crippen LogP contribution in [0, 0.1) is 0 Å². The molecule has 0 amide bonds. The number of nitrogens with zero attached hydrogens (tertiary/aromatic N) is 5. The molecule has 0 bridgehead atoms. The summed E-state index contributed by atoms with van der Waals surface area (Å²) in [5.74, 6) is 2.90. The summed E-state index contributed by atoms with van der Waals surface area (Å²) < 4.78 is 2.95. The number of aryl methyl sites for hydroxylation is 1. The van der Waals surface area contributed by atoms with Gasteiger partial charge in [0, 0.05) is 37.1 Å². The summed E-state index contributed by atoms with van der Waals surface area (Å²) in [4.78, 5) is 11.9. The summed E-state index contributed by atoms with van der Waals surface area (Å²) >= 11 is 5.48. The Balaban J connectivity index is 1.66. The smallest absolute Gasteiger partial charge is 0.193 e. The van der Waals surface area contributed by atoms with Gasteiger partial charge in [-0.1, -0.05) is 12.1 Å². The van der Waals surface area contributed by atoms with E-state index in [4.69, 9.17) is 0 Å². The van der Waals surface area contributed by atoms with Crippen LogP contribution in [0.4, 0.5) is 0 Å². The maximum atomic E-state index is 4.34. The van der Waals surface area contributed by atoms with Crippen LogP contribution >= 0.6 is 27.7 Å². The van der Waals surface area contributed by atoms with Gasteiger partial charge in [0.05, 0.1) is 6.54 Å². The molecule has 0 atom stereocenters. The minimum Gasteiger partial charge on any atom is -0.356 e. The van der Waals surface area contributed by atoms with Gasteiger partial charge in [0.1, 0.15) is 12.2 Å². The Morgan fingerprint density at radius 1 is 1.36 bits per heavy atom. The predicted molar refractivity (Wildman–Crippen MR) is 108 cm³/mol. The zero-order chi connectivity index (χ0) is 18.1. The second kappa shape index (κ2) is 10.5. The number of aliphatic imine (C=N–C) groups is 1. The molecule has 0 saturated heterocycles. The van der Waals surface area contributed by atoms with Crippen molar-refractivity contribution < 1.29 is 0 Å². The van der Waals surface area contributed by atoms with Gasteiger partial charge >= 0.3 is 0 Å². The number of aromatic nitrogens is 3. The highest BCUT2D eigenvalue weighted by Gasteiger charge is 2.09. The fraction of sp³-hybridized carbons (Fsp3) is 0.471. The number of hydrogen-bond acceptors (Lipinski definition) is 4. The summed E-state index contributed by atoms with van der Waals surface area (Å²) in [5, 5.41) is 7.51. The van der Waals surface area contributed by atoms with Gasteiger partial charge in [-0.15, -0.1) is 11.8 Å². The Bertz CT molecular complexity index is 687. The molecule has 136 valence electrons. The van der Waals surface area contributed by atoms with E-state index in [1.165, 1.54) is 9.37 Å². The van der Waals surface area contributed by atoms with Gasteiger partial charge in [-0.25, -0.2) is 4.98 Å². The van der Waals surface area contributed by atoms with Crippen LogP contribution in [-0.2, 0) is 13.6 Å². The number of nitrogens with one attached hydrogen (secondary N) is 1. The lowest BCUT2D eigenvalue weighted by atomic mass is 10.3. The number of hydrogen-bond donors (Lipinski definition) is 1. The van der Waals surface area contributed by atoms with Crippen LogP contribution in [0.2, 0.25) is 0 Å². The molecule has 25 heavy (non-hydrogen) atoms. The zero-order valence-electron chi connectivity index (χ0n) is 14.9. The molecule has 0 fully saturated rings. The molecular weight excluding hydrogens is 400 g/mol. The molecule has 2 rings (SSSR count). The fourth-order valence-electron chi connectivity index (χ4n) is 2.31. The molecule has 1 N–H and O–H groups in total. The lowest BCUT2D eigenvalue weighted by Gasteiger charge is -2.21. The van der Waals surface area contributed by atoms with Gasteiger partial charge in [-0.3, -0.25) is 9.67 Å². The van der Waals surface area contributed by atoms with Crippen molar-refractivity contribution in [1.29, 1.82) is 0 Å². The summed E-state index contributed by atoms with van der Waals surface area (Å²) in [6.45, 7) is 1.58. The van der Waals surface area contributed by atoms with E-state index >= 15 is 0 Å². The number of halogens is 1. The van der Waals surface area contributed by atoms with Crippen LogP contribution in [0.1, 0.15) is 18.7 Å². The first-order valence-electron chi connectivity index (χ1n) is 8.23. The van der Waals surface area contributed by atoms with Gasteiger partial charge < -0.3 is 10.2 Å². The molecule has 8 heteroatoms. The first-order chi connectivity index (χ1) is 12.1. The van der Waals surface area contributed by atoms with Crippen LogP contribution < -0.4 is 5.32 Å². The maximum absolute atomic E-state index is 4.34. The molecular formula is C17H25BrN6S. The van der Waals surface area contributed by atoms with E-state index in [2.05, 4.69) is 59.4 Å². The van der Waals surface area contributed by atoms with Crippen molar-refractivity contribution in [2.24, 2.45) is 12.0 Å². The number of guanidine groups is 1. The Morgan fingerprint density at radius 2 is 2.16 bits per heavy atom. The monoisotopic (exact) mass is 424 g/mol. The van der Waals surface area contributed by atoms with Crippen molar-refractivity contribution in [1.82, 2.24) is 25.0 Å². The summed E-state index contributed by atoms with van der Waals surface area (Å²) in [6, 6.07) is 8.35. The molecule has 0 radical (unpaired) electrons. The van der Waals surface area contributed by atoms with Gasteiger partial charge in [-0.05, 0) is 46.7 Å². The SMILES string of the molecule is CN=C(NCCCCSc1ccccc1Br)N(C)Cc1ncnn1C. The Kier molecular flexibility index (Phi) is 8.27. The fourth-order valence-corrected chi connectivity index (χ4v) is 3.88. The standard InChI is InChI=1S/C17H25BrN6S/c1-19-17(23(2)12-16-21-13-22-24(16)3)20-10-6-7-11-25-15-9-5-4-8-14(15)18/h4-5,8-9,13H,6-7,10-12H2,1-3H3,(H,19,20). The first-order valence-corrected chi connectivity index (χ1v) is 10.0. The average Bonchev–Trinajstić information content (AvgIpc) is 3.00. The van der Waals surface area contributed by atoms with E-state index in [9.17, 15) is 0 Å². The number of rotatable bonds is 8. The van der Waals surface area contributed by atoms with Crippen LogP contribution in [0.25, 0.3) is 0 Å². The Labute approximate surface area is 162 Å². The molecule has 1 aromatic heterocycles. The normalized spacial score (nSPS) is 11.6. The van der Waals surface area contributed by atoms with Crippen molar-refractivity contribution in [3.63, 3.8) is 0 Å². The average molecular weight is 425 g/mol. The third kappa shape index (κ3) is 6.36. The molecule has 0 aliphatic heterocycles. The quantitative estimate of drug-likeness (QED) is 0.305. The maximum Gasteiger partial charge on any atom is 0.193 e. The van der Waals surface area contributed by atoms with E-state index in [0.717, 1.165) is 36.9 Å². The highest BCUT2D eigenvalue weighted by Crippen LogP contribution is 2.27. The molecule has 2 aromatic rings. The van der Waals surface area contributed by atoms with E-state index in [-0.39, 0.29) is 0 Å². The molecule has 0 saturated carbocycles. The van der Waals surface area contributed by atoms with Crippen LogP contribution in [0.5, 0.6) is 0 Å². The lowest BCUT2D eigenvalue weighted by Crippen LogP contribution is -2.39. The van der Waals surface area contributed by atoms with Crippen molar-refractivity contribution in [2.75, 3.05) is 26.4 Å². The third-order valence-corrected chi connectivity index (χ3v) is 5.82. The van der Waals surface area contributed by atoms with Crippen molar-refractivity contribution in [3.05, 3.63) is 40.9 Å². The molecule has 0 unspecified atom stereocenters. The van der Waals surface area contributed by atoms with Crippen molar-refractivity contribution in [2.45, 2.75) is 24.3 Å². The molecule has 0 aliphatic carbocycles. The van der Waals surface area contributed by atoms with Crippen LogP contribution in [0.3, 0.4) is 0 Å². The number of thioether (sulfide) groups is 1.